The molecule has 2 aromatic carbocycles. The van der Waals surface area contributed by atoms with Gasteiger partial charge < -0.3 is 20.9 Å². The summed E-state index contributed by atoms with van der Waals surface area (Å²) in [5.74, 6) is 1.37. The molecule has 0 bridgehead atoms. The molecule has 0 spiro atoms. The van der Waals surface area contributed by atoms with E-state index < -0.39 is 0 Å². The number of hydrogen-bond acceptors (Lipinski definition) is 6. The van der Waals surface area contributed by atoms with E-state index in [1.807, 2.05) is 45.3 Å². The van der Waals surface area contributed by atoms with Gasteiger partial charge in [-0.2, -0.15) is 15.0 Å². The quantitative estimate of drug-likeness (QED) is 0.581. The normalized spacial score (nSPS) is 11.9. The molecule has 4 N–H and O–H groups in total. The highest BCUT2D eigenvalue weighted by atomic mass is 15.2. The third kappa shape index (κ3) is 5.17. The van der Waals surface area contributed by atoms with Crippen LogP contribution >= 0.6 is 0 Å². The van der Waals surface area contributed by atoms with Gasteiger partial charge in [0.25, 0.3) is 0 Å². The van der Waals surface area contributed by atoms with Gasteiger partial charge in [0.2, 0.25) is 11.9 Å². The molecule has 1 atom stereocenters. The SMILES string of the molecule is Cc1ccccc1Nc1nc(N)nc(C[NH+](C)Cc2ccc(N(C)C)cc2)n1. The van der Waals surface area contributed by atoms with Crippen molar-refractivity contribution < 1.29 is 4.90 Å². The number of rotatable bonds is 7. The zero-order chi connectivity index (χ0) is 20.1. The molecule has 28 heavy (non-hydrogen) atoms. The Morgan fingerprint density at radius 1 is 0.964 bits per heavy atom. The Morgan fingerprint density at radius 3 is 2.36 bits per heavy atom. The number of nitrogens with two attached hydrogens (primary N) is 1. The fourth-order valence-electron chi connectivity index (χ4n) is 3.00. The maximum Gasteiger partial charge on any atom is 0.232 e. The molecule has 0 saturated heterocycles. The molecule has 7 nitrogen and oxygen atoms in total. The van der Waals surface area contributed by atoms with Crippen LogP contribution in [-0.2, 0) is 13.1 Å². The Labute approximate surface area is 166 Å². The first kappa shape index (κ1) is 19.6. The van der Waals surface area contributed by atoms with Crippen molar-refractivity contribution in [2.24, 2.45) is 0 Å². The Bertz CT molecular complexity index is 922. The van der Waals surface area contributed by atoms with Crippen molar-refractivity contribution in [3.05, 3.63) is 65.5 Å². The number of hydrogen-bond donors (Lipinski definition) is 3. The van der Waals surface area contributed by atoms with E-state index in [0.29, 0.717) is 18.3 Å². The van der Waals surface area contributed by atoms with Crippen molar-refractivity contribution in [3.8, 4) is 0 Å². The van der Waals surface area contributed by atoms with Crippen LogP contribution in [-0.4, -0.2) is 36.1 Å². The van der Waals surface area contributed by atoms with Gasteiger partial charge in [-0.25, -0.2) is 0 Å². The molecule has 146 valence electrons. The predicted octanol–water partition coefficient (Wildman–Crippen LogP) is 1.79. The second kappa shape index (κ2) is 8.67. The summed E-state index contributed by atoms with van der Waals surface area (Å²) in [6, 6.07) is 16.6. The maximum atomic E-state index is 5.91. The number of aryl methyl sites for hydroxylation is 1. The van der Waals surface area contributed by atoms with Gasteiger partial charge in [-0.15, -0.1) is 0 Å². The van der Waals surface area contributed by atoms with Crippen LogP contribution in [0, 0.1) is 6.92 Å². The Morgan fingerprint density at radius 2 is 1.68 bits per heavy atom. The molecule has 0 fully saturated rings. The molecule has 0 aliphatic heterocycles. The maximum absolute atomic E-state index is 5.91. The van der Waals surface area contributed by atoms with E-state index in [9.17, 15) is 0 Å². The minimum absolute atomic E-state index is 0.226. The van der Waals surface area contributed by atoms with Crippen LogP contribution in [0.2, 0.25) is 0 Å². The van der Waals surface area contributed by atoms with Gasteiger partial charge in [0.1, 0.15) is 13.1 Å². The third-order valence-corrected chi connectivity index (χ3v) is 4.51. The summed E-state index contributed by atoms with van der Waals surface area (Å²) in [5.41, 5.74) is 10.4. The molecule has 0 radical (unpaired) electrons. The summed E-state index contributed by atoms with van der Waals surface area (Å²) in [7, 11) is 6.20. The third-order valence-electron chi connectivity index (χ3n) is 4.51. The molecule has 1 heterocycles. The molecule has 0 aliphatic rings. The lowest BCUT2D eigenvalue weighted by atomic mass is 10.2. The van der Waals surface area contributed by atoms with Crippen LogP contribution in [0.3, 0.4) is 0 Å². The summed E-state index contributed by atoms with van der Waals surface area (Å²) in [4.78, 5) is 16.4. The number of nitrogens with one attached hydrogen (secondary N) is 2. The Balaban J connectivity index is 1.68. The van der Waals surface area contributed by atoms with E-state index in [2.05, 4.69) is 56.5 Å². The fraction of sp³-hybridized carbons (Fsp3) is 0.286. The highest BCUT2D eigenvalue weighted by Crippen LogP contribution is 2.17. The van der Waals surface area contributed by atoms with Crippen molar-refractivity contribution in [1.29, 1.82) is 0 Å². The van der Waals surface area contributed by atoms with Gasteiger partial charge in [0, 0.05) is 31.0 Å². The number of anilines is 4. The largest absolute Gasteiger partial charge is 0.378 e. The van der Waals surface area contributed by atoms with E-state index in [1.54, 1.807) is 0 Å². The summed E-state index contributed by atoms with van der Waals surface area (Å²) in [6.45, 7) is 3.57. The van der Waals surface area contributed by atoms with Crippen LogP contribution in [0.25, 0.3) is 0 Å². The summed E-state index contributed by atoms with van der Waals surface area (Å²) in [5, 5.41) is 3.24. The first-order chi connectivity index (χ1) is 13.4. The van der Waals surface area contributed by atoms with Crippen molar-refractivity contribution in [3.63, 3.8) is 0 Å². The second-order valence-corrected chi connectivity index (χ2v) is 7.24. The highest BCUT2D eigenvalue weighted by Gasteiger charge is 2.12. The van der Waals surface area contributed by atoms with Gasteiger partial charge in [-0.3, -0.25) is 0 Å². The van der Waals surface area contributed by atoms with Crippen molar-refractivity contribution in [2.75, 3.05) is 37.1 Å². The highest BCUT2D eigenvalue weighted by molar-refractivity contribution is 5.58. The molecule has 0 saturated carbocycles. The number of para-hydroxylation sites is 1. The number of benzene rings is 2. The first-order valence-electron chi connectivity index (χ1n) is 9.31. The molecular formula is C21H28N7+. The van der Waals surface area contributed by atoms with Gasteiger partial charge in [0.05, 0.1) is 7.05 Å². The first-order valence-corrected chi connectivity index (χ1v) is 9.31. The molecule has 1 unspecified atom stereocenters. The molecule has 1 aromatic heterocycles. The van der Waals surface area contributed by atoms with Crippen LogP contribution in [0.15, 0.2) is 48.5 Å². The standard InChI is InChI=1S/C21H27N7/c1-15-7-5-6-8-18(15)23-21-25-19(24-20(22)26-21)14-28(4)13-16-9-11-17(12-10-16)27(2)3/h5-12H,13-14H2,1-4H3,(H3,22,23,24,25,26)/p+1. The lowest BCUT2D eigenvalue weighted by Gasteiger charge is -2.16. The van der Waals surface area contributed by atoms with Crippen LogP contribution in [0.1, 0.15) is 17.0 Å². The van der Waals surface area contributed by atoms with Crippen LogP contribution < -0.4 is 20.9 Å². The van der Waals surface area contributed by atoms with Crippen LogP contribution in [0.4, 0.5) is 23.3 Å². The minimum atomic E-state index is 0.226. The lowest BCUT2D eigenvalue weighted by Crippen LogP contribution is -3.06. The molecule has 3 rings (SSSR count). The molecule has 0 aliphatic carbocycles. The molecular weight excluding hydrogens is 350 g/mol. The van der Waals surface area contributed by atoms with Gasteiger partial charge in [-0.1, -0.05) is 30.3 Å². The predicted molar refractivity (Wildman–Crippen MR) is 114 cm³/mol. The van der Waals surface area contributed by atoms with Gasteiger partial charge in [0.15, 0.2) is 5.82 Å². The van der Waals surface area contributed by atoms with Gasteiger partial charge in [-0.05, 0) is 30.7 Å². The van der Waals surface area contributed by atoms with E-state index in [0.717, 1.165) is 17.8 Å². The zero-order valence-corrected chi connectivity index (χ0v) is 16.9. The Hall–Kier alpha value is -3.19. The monoisotopic (exact) mass is 378 g/mol. The number of quaternary nitrogens is 1. The fourth-order valence-corrected chi connectivity index (χ4v) is 3.00. The minimum Gasteiger partial charge on any atom is -0.378 e. The Kier molecular flexibility index (Phi) is 6.06. The zero-order valence-electron chi connectivity index (χ0n) is 16.9. The molecule has 0 amide bonds. The summed E-state index contributed by atoms with van der Waals surface area (Å²) in [6.07, 6.45) is 0. The topological polar surface area (TPSA) is 84.4 Å². The molecule has 7 heteroatoms. The van der Waals surface area contributed by atoms with Crippen molar-refractivity contribution in [1.82, 2.24) is 15.0 Å². The number of nitrogen functional groups attached to an aromatic ring is 1. The van der Waals surface area contributed by atoms with E-state index in [1.165, 1.54) is 16.2 Å². The average Bonchev–Trinajstić information content (AvgIpc) is 2.63. The lowest BCUT2D eigenvalue weighted by molar-refractivity contribution is -0.908. The number of aromatic nitrogens is 3. The smallest absolute Gasteiger partial charge is 0.232 e. The van der Waals surface area contributed by atoms with Crippen molar-refractivity contribution >= 4 is 23.3 Å². The summed E-state index contributed by atoms with van der Waals surface area (Å²) >= 11 is 0. The van der Waals surface area contributed by atoms with E-state index >= 15 is 0 Å². The van der Waals surface area contributed by atoms with Crippen molar-refractivity contribution in [2.45, 2.75) is 20.0 Å². The van der Waals surface area contributed by atoms with E-state index in [4.69, 9.17) is 5.73 Å². The van der Waals surface area contributed by atoms with Gasteiger partial charge >= 0.3 is 0 Å². The molecule has 3 aromatic rings. The van der Waals surface area contributed by atoms with Crippen LogP contribution in [0.5, 0.6) is 0 Å². The number of nitrogens with zero attached hydrogens (tertiary/aromatic N) is 4. The second-order valence-electron chi connectivity index (χ2n) is 7.24. The average molecular weight is 379 g/mol. The van der Waals surface area contributed by atoms with E-state index in [-0.39, 0.29) is 5.95 Å². The summed E-state index contributed by atoms with van der Waals surface area (Å²) < 4.78 is 0.